The van der Waals surface area contributed by atoms with Crippen LogP contribution in [0.4, 0.5) is 15.8 Å². The molecule has 2 rings (SSSR count). The number of hydrogen-bond donors (Lipinski definition) is 1. The van der Waals surface area contributed by atoms with Crippen LogP contribution in [0.5, 0.6) is 0 Å². The Morgan fingerprint density at radius 2 is 2.06 bits per heavy atom. The van der Waals surface area contributed by atoms with Gasteiger partial charge in [0, 0.05) is 25.7 Å². The minimum Gasteiger partial charge on any atom is -0.371 e. The largest absolute Gasteiger partial charge is 0.371 e. The number of amides is 1. The fourth-order valence-corrected chi connectivity index (χ4v) is 2.26. The van der Waals surface area contributed by atoms with Gasteiger partial charge in [-0.2, -0.15) is 0 Å². The quantitative estimate of drug-likeness (QED) is 0.875. The number of rotatable bonds is 2. The molecule has 1 aliphatic heterocycles. The van der Waals surface area contributed by atoms with Gasteiger partial charge in [-0.05, 0) is 37.0 Å². The van der Waals surface area contributed by atoms with Crippen molar-refractivity contribution >= 4 is 17.3 Å². The van der Waals surface area contributed by atoms with Crippen molar-refractivity contribution in [3.05, 3.63) is 24.0 Å². The molecule has 1 saturated heterocycles. The first kappa shape index (κ1) is 12.9. The number of piperidine rings is 1. The summed E-state index contributed by atoms with van der Waals surface area (Å²) in [6, 6.07) is 5.00. The second-order valence-corrected chi connectivity index (χ2v) is 5.01. The normalized spacial score (nSPS) is 16.7. The lowest BCUT2D eigenvalue weighted by atomic mass is 9.99. The highest BCUT2D eigenvalue weighted by molar-refractivity contribution is 5.89. The Hall–Kier alpha value is -1.58. The van der Waals surface area contributed by atoms with Gasteiger partial charge in [0.25, 0.3) is 0 Å². The molecule has 0 radical (unpaired) electrons. The summed E-state index contributed by atoms with van der Waals surface area (Å²) < 4.78 is 13.8. The maximum absolute atomic E-state index is 13.8. The fourth-order valence-electron chi connectivity index (χ4n) is 2.26. The average molecular weight is 250 g/mol. The lowest BCUT2D eigenvalue weighted by molar-refractivity contribution is -0.114. The number of benzene rings is 1. The number of halogens is 1. The van der Waals surface area contributed by atoms with Gasteiger partial charge in [0.05, 0.1) is 5.69 Å². The van der Waals surface area contributed by atoms with Crippen molar-refractivity contribution in [2.24, 2.45) is 5.92 Å². The molecule has 1 amide bonds. The highest BCUT2D eigenvalue weighted by Crippen LogP contribution is 2.26. The summed E-state index contributed by atoms with van der Waals surface area (Å²) in [6.07, 6.45) is 2.30. The van der Waals surface area contributed by atoms with Crippen LogP contribution in [0.1, 0.15) is 26.7 Å². The number of nitrogens with zero attached hydrogens (tertiary/aromatic N) is 1. The first-order chi connectivity index (χ1) is 8.56. The van der Waals surface area contributed by atoms with Crippen LogP contribution >= 0.6 is 0 Å². The molecular weight excluding hydrogens is 231 g/mol. The van der Waals surface area contributed by atoms with E-state index in [-0.39, 0.29) is 17.4 Å². The molecule has 1 aromatic carbocycles. The van der Waals surface area contributed by atoms with E-state index < -0.39 is 0 Å². The third-order valence-electron chi connectivity index (χ3n) is 3.41. The molecule has 3 nitrogen and oxygen atoms in total. The van der Waals surface area contributed by atoms with Crippen LogP contribution in [-0.4, -0.2) is 19.0 Å². The average Bonchev–Trinajstić information content (AvgIpc) is 2.32. The maximum atomic E-state index is 13.8. The topological polar surface area (TPSA) is 32.3 Å². The van der Waals surface area contributed by atoms with Gasteiger partial charge in [-0.25, -0.2) is 4.39 Å². The monoisotopic (exact) mass is 250 g/mol. The van der Waals surface area contributed by atoms with Gasteiger partial charge < -0.3 is 10.2 Å². The van der Waals surface area contributed by atoms with Crippen LogP contribution in [0, 0.1) is 11.7 Å². The maximum Gasteiger partial charge on any atom is 0.221 e. The van der Waals surface area contributed by atoms with Gasteiger partial charge in [-0.3, -0.25) is 4.79 Å². The number of hydrogen-bond acceptors (Lipinski definition) is 2. The van der Waals surface area contributed by atoms with Crippen LogP contribution in [0.3, 0.4) is 0 Å². The Bertz CT molecular complexity index is 439. The van der Waals surface area contributed by atoms with Gasteiger partial charge in [0.2, 0.25) is 5.91 Å². The molecule has 18 heavy (non-hydrogen) atoms. The summed E-state index contributed by atoms with van der Waals surface area (Å²) in [7, 11) is 0. The molecule has 0 aromatic heterocycles. The summed E-state index contributed by atoms with van der Waals surface area (Å²) in [6.45, 7) is 5.57. The van der Waals surface area contributed by atoms with Gasteiger partial charge in [0.15, 0.2) is 0 Å². The fraction of sp³-hybridized carbons (Fsp3) is 0.500. The molecule has 0 unspecified atom stereocenters. The van der Waals surface area contributed by atoms with Crippen molar-refractivity contribution < 1.29 is 9.18 Å². The Kier molecular flexibility index (Phi) is 3.84. The van der Waals surface area contributed by atoms with E-state index in [1.54, 1.807) is 6.07 Å². The van der Waals surface area contributed by atoms with Gasteiger partial charge in [-0.15, -0.1) is 0 Å². The molecule has 0 aliphatic carbocycles. The zero-order valence-electron chi connectivity index (χ0n) is 10.9. The van der Waals surface area contributed by atoms with Gasteiger partial charge >= 0.3 is 0 Å². The molecule has 0 bridgehead atoms. The molecule has 0 saturated carbocycles. The van der Waals surface area contributed by atoms with E-state index in [0.717, 1.165) is 37.5 Å². The third-order valence-corrected chi connectivity index (χ3v) is 3.41. The third kappa shape index (κ3) is 3.00. The molecule has 98 valence electrons. The van der Waals surface area contributed by atoms with Crippen LogP contribution in [-0.2, 0) is 4.79 Å². The van der Waals surface area contributed by atoms with E-state index in [1.807, 2.05) is 6.07 Å². The number of carbonyl (C=O) groups excluding carboxylic acids is 1. The Morgan fingerprint density at radius 1 is 1.39 bits per heavy atom. The first-order valence-electron chi connectivity index (χ1n) is 6.38. The Morgan fingerprint density at radius 3 is 2.61 bits per heavy atom. The van der Waals surface area contributed by atoms with Crippen LogP contribution < -0.4 is 10.2 Å². The molecule has 1 fully saturated rings. The second-order valence-electron chi connectivity index (χ2n) is 5.01. The SMILES string of the molecule is CC(=O)Nc1ccc(N2CCC(C)CC2)cc1F. The van der Waals surface area contributed by atoms with Crippen molar-refractivity contribution in [1.82, 2.24) is 0 Å². The summed E-state index contributed by atoms with van der Waals surface area (Å²) in [5.41, 5.74) is 1.14. The summed E-state index contributed by atoms with van der Waals surface area (Å²) in [5.74, 6) is 0.125. The van der Waals surface area contributed by atoms with Crippen LogP contribution in [0.2, 0.25) is 0 Å². The van der Waals surface area contributed by atoms with E-state index >= 15 is 0 Å². The predicted octanol–water partition coefficient (Wildman–Crippen LogP) is 3.02. The van der Waals surface area contributed by atoms with E-state index in [0.29, 0.717) is 0 Å². The van der Waals surface area contributed by atoms with E-state index in [1.165, 1.54) is 13.0 Å². The lowest BCUT2D eigenvalue weighted by Crippen LogP contribution is -2.32. The van der Waals surface area contributed by atoms with Crippen molar-refractivity contribution in [2.75, 3.05) is 23.3 Å². The molecule has 1 heterocycles. The van der Waals surface area contributed by atoms with Gasteiger partial charge in [0.1, 0.15) is 5.82 Å². The Balaban J connectivity index is 2.11. The van der Waals surface area contributed by atoms with Gasteiger partial charge in [-0.1, -0.05) is 6.92 Å². The minimum absolute atomic E-state index is 0.247. The first-order valence-corrected chi connectivity index (χ1v) is 6.38. The number of anilines is 2. The standard InChI is InChI=1S/C14H19FN2O/c1-10-5-7-17(8-6-10)12-3-4-14(13(15)9-12)16-11(2)18/h3-4,9-10H,5-8H2,1-2H3,(H,16,18). The smallest absolute Gasteiger partial charge is 0.221 e. The van der Waals surface area contributed by atoms with Crippen molar-refractivity contribution in [3.8, 4) is 0 Å². The summed E-state index contributed by atoms with van der Waals surface area (Å²) >= 11 is 0. The zero-order valence-corrected chi connectivity index (χ0v) is 10.9. The minimum atomic E-state index is -0.374. The highest BCUT2D eigenvalue weighted by Gasteiger charge is 2.17. The predicted molar refractivity (Wildman–Crippen MR) is 71.3 cm³/mol. The van der Waals surface area contributed by atoms with Crippen LogP contribution in [0.25, 0.3) is 0 Å². The van der Waals surface area contributed by atoms with E-state index in [2.05, 4.69) is 17.1 Å². The van der Waals surface area contributed by atoms with Crippen molar-refractivity contribution in [3.63, 3.8) is 0 Å². The second kappa shape index (κ2) is 5.38. The van der Waals surface area contributed by atoms with Crippen molar-refractivity contribution in [2.45, 2.75) is 26.7 Å². The number of nitrogens with one attached hydrogen (secondary N) is 1. The van der Waals surface area contributed by atoms with E-state index in [4.69, 9.17) is 0 Å². The molecular formula is C14H19FN2O. The Labute approximate surface area is 107 Å². The van der Waals surface area contributed by atoms with E-state index in [9.17, 15) is 9.18 Å². The molecule has 1 aliphatic rings. The lowest BCUT2D eigenvalue weighted by Gasteiger charge is -2.32. The summed E-state index contributed by atoms with van der Waals surface area (Å²) in [4.78, 5) is 13.1. The number of carbonyl (C=O) groups is 1. The molecule has 4 heteroatoms. The highest BCUT2D eigenvalue weighted by atomic mass is 19.1. The molecule has 1 N–H and O–H groups in total. The molecule has 0 spiro atoms. The van der Waals surface area contributed by atoms with Crippen molar-refractivity contribution in [1.29, 1.82) is 0 Å². The zero-order chi connectivity index (χ0) is 13.1. The molecule has 1 aromatic rings. The summed E-state index contributed by atoms with van der Waals surface area (Å²) in [5, 5.41) is 2.48. The molecule has 0 atom stereocenters. The van der Waals surface area contributed by atoms with Crippen LogP contribution in [0.15, 0.2) is 18.2 Å².